The normalized spacial score (nSPS) is 16.2. The Balaban J connectivity index is 1.40. The number of hydrogen-bond donors (Lipinski definition) is 2. The Morgan fingerprint density at radius 1 is 1.00 bits per heavy atom. The molecule has 0 unspecified atom stereocenters. The Hall–Kier alpha value is -3.68. The van der Waals surface area contributed by atoms with Crippen molar-refractivity contribution in [2.75, 3.05) is 19.7 Å². The number of primary amides is 1. The van der Waals surface area contributed by atoms with E-state index < -0.39 is 5.91 Å². The molecular weight excluding hydrogens is 454 g/mol. The second-order valence-corrected chi connectivity index (χ2v) is 9.65. The van der Waals surface area contributed by atoms with Gasteiger partial charge in [-0.15, -0.1) is 5.10 Å². The molecule has 0 spiro atoms. The number of nitrogens with two attached hydrogens (primary N) is 1. The number of rotatable bonds is 8. The molecule has 8 heteroatoms. The summed E-state index contributed by atoms with van der Waals surface area (Å²) in [7, 11) is 0. The van der Waals surface area contributed by atoms with E-state index in [1.807, 2.05) is 36.1 Å². The maximum absolute atomic E-state index is 13.8. The lowest BCUT2D eigenvalue weighted by molar-refractivity contribution is 0.0710. The molecule has 2 amide bonds. The third-order valence-electron chi connectivity index (χ3n) is 7.35. The number of aromatic nitrogens is 3. The van der Waals surface area contributed by atoms with Crippen LogP contribution in [0.1, 0.15) is 88.8 Å². The van der Waals surface area contributed by atoms with E-state index in [0.717, 1.165) is 54.4 Å². The lowest BCUT2D eigenvalue weighted by Gasteiger charge is -2.33. The molecule has 8 nitrogen and oxygen atoms in total. The quantitative estimate of drug-likeness (QED) is 0.488. The molecule has 2 aromatic carbocycles. The highest BCUT2D eigenvalue weighted by Gasteiger charge is 2.32. The van der Waals surface area contributed by atoms with E-state index >= 15 is 0 Å². The fraction of sp³-hybridized carbons (Fsp3) is 0.429. The second kappa shape index (κ2) is 10.1. The summed E-state index contributed by atoms with van der Waals surface area (Å²) in [6, 6.07) is 12.1. The van der Waals surface area contributed by atoms with Crippen molar-refractivity contribution < 1.29 is 14.3 Å². The molecule has 36 heavy (non-hydrogen) atoms. The number of nitrogens with one attached hydrogen (secondary N) is 1. The van der Waals surface area contributed by atoms with Gasteiger partial charge in [0, 0.05) is 29.8 Å². The molecule has 2 heterocycles. The van der Waals surface area contributed by atoms with Gasteiger partial charge in [-0.3, -0.25) is 14.6 Å². The number of nitrogens with zero attached hydrogens (tertiary/aromatic N) is 3. The van der Waals surface area contributed by atoms with Crippen LogP contribution in [-0.4, -0.2) is 51.6 Å². The number of piperidine rings is 1. The second-order valence-electron chi connectivity index (χ2n) is 9.65. The highest BCUT2D eigenvalue weighted by Crippen LogP contribution is 2.45. The molecule has 1 saturated heterocycles. The number of aryl methyl sites for hydroxylation is 1. The van der Waals surface area contributed by atoms with Crippen molar-refractivity contribution in [1.29, 1.82) is 0 Å². The first kappa shape index (κ1) is 24.0. The van der Waals surface area contributed by atoms with Crippen LogP contribution in [0.2, 0.25) is 0 Å². The lowest BCUT2D eigenvalue weighted by atomic mass is 9.86. The van der Waals surface area contributed by atoms with Crippen LogP contribution in [0.5, 0.6) is 6.01 Å². The zero-order valence-electron chi connectivity index (χ0n) is 20.9. The monoisotopic (exact) mass is 487 g/mol. The van der Waals surface area contributed by atoms with Gasteiger partial charge in [0.15, 0.2) is 5.82 Å². The average molecular weight is 488 g/mol. The molecule has 1 saturated carbocycles. The SMILES string of the molecule is CCOc1nnc(-c2cc(C(=O)N3CCC(c4ccccc4C(N)=O)CC3)c(CC)cc2C2CC2)[nH]1. The van der Waals surface area contributed by atoms with E-state index in [1.54, 1.807) is 6.07 Å². The average Bonchev–Trinajstić information content (AvgIpc) is 3.66. The zero-order chi connectivity index (χ0) is 25.2. The van der Waals surface area contributed by atoms with Gasteiger partial charge in [-0.25, -0.2) is 0 Å². The molecule has 0 radical (unpaired) electrons. The van der Waals surface area contributed by atoms with Crippen molar-refractivity contribution in [2.45, 2.75) is 57.8 Å². The number of benzene rings is 2. The van der Waals surface area contributed by atoms with E-state index in [1.165, 1.54) is 5.56 Å². The Morgan fingerprint density at radius 3 is 2.39 bits per heavy atom. The number of carbonyl (C=O) groups excluding carboxylic acids is 2. The van der Waals surface area contributed by atoms with Gasteiger partial charge in [-0.1, -0.05) is 36.3 Å². The fourth-order valence-electron chi connectivity index (χ4n) is 5.30. The largest absolute Gasteiger partial charge is 0.464 e. The third kappa shape index (κ3) is 4.72. The van der Waals surface area contributed by atoms with Gasteiger partial charge in [-0.05, 0) is 79.7 Å². The summed E-state index contributed by atoms with van der Waals surface area (Å²) in [5.41, 5.74) is 11.1. The predicted octanol–water partition coefficient (Wildman–Crippen LogP) is 4.43. The smallest absolute Gasteiger partial charge is 0.314 e. The van der Waals surface area contributed by atoms with Gasteiger partial charge in [0.2, 0.25) is 5.91 Å². The summed E-state index contributed by atoms with van der Waals surface area (Å²) >= 11 is 0. The molecule has 2 aliphatic rings. The summed E-state index contributed by atoms with van der Waals surface area (Å²) in [5, 5.41) is 8.43. The van der Waals surface area contributed by atoms with Gasteiger partial charge in [0.25, 0.3) is 5.91 Å². The minimum Gasteiger partial charge on any atom is -0.464 e. The van der Waals surface area contributed by atoms with Crippen LogP contribution in [-0.2, 0) is 6.42 Å². The topological polar surface area (TPSA) is 114 Å². The van der Waals surface area contributed by atoms with Crippen molar-refractivity contribution in [3.63, 3.8) is 0 Å². The van der Waals surface area contributed by atoms with Crippen molar-refractivity contribution >= 4 is 11.8 Å². The van der Waals surface area contributed by atoms with Crippen LogP contribution < -0.4 is 10.5 Å². The van der Waals surface area contributed by atoms with E-state index in [0.29, 0.717) is 43.0 Å². The number of hydrogen-bond acceptors (Lipinski definition) is 5. The number of aromatic amines is 1. The van der Waals surface area contributed by atoms with Crippen LogP contribution in [0.3, 0.4) is 0 Å². The molecule has 3 N–H and O–H groups in total. The Bertz CT molecular complexity index is 1270. The lowest BCUT2D eigenvalue weighted by Crippen LogP contribution is -2.38. The van der Waals surface area contributed by atoms with Crippen molar-refractivity contribution in [2.24, 2.45) is 5.73 Å². The molecule has 3 aromatic rings. The minimum atomic E-state index is -0.403. The maximum Gasteiger partial charge on any atom is 0.314 e. The predicted molar refractivity (Wildman–Crippen MR) is 137 cm³/mol. The molecule has 1 aliphatic carbocycles. The number of H-pyrrole nitrogens is 1. The number of amides is 2. The molecule has 2 fully saturated rings. The van der Waals surface area contributed by atoms with Crippen LogP contribution in [0.25, 0.3) is 11.4 Å². The van der Waals surface area contributed by atoms with E-state index in [4.69, 9.17) is 10.5 Å². The van der Waals surface area contributed by atoms with Gasteiger partial charge in [-0.2, -0.15) is 0 Å². The Kier molecular flexibility index (Phi) is 6.76. The number of ether oxygens (including phenoxy) is 1. The first-order valence-electron chi connectivity index (χ1n) is 12.9. The zero-order valence-corrected chi connectivity index (χ0v) is 20.9. The third-order valence-corrected chi connectivity index (χ3v) is 7.35. The maximum atomic E-state index is 13.8. The van der Waals surface area contributed by atoms with Crippen molar-refractivity contribution in [3.05, 3.63) is 64.2 Å². The Labute approximate surface area is 211 Å². The van der Waals surface area contributed by atoms with Gasteiger partial charge in [0.05, 0.1) is 6.61 Å². The minimum absolute atomic E-state index is 0.0432. The van der Waals surface area contributed by atoms with Crippen LogP contribution in [0, 0.1) is 0 Å². The van der Waals surface area contributed by atoms with Gasteiger partial charge < -0.3 is 15.4 Å². The van der Waals surface area contributed by atoms with Crippen LogP contribution in [0.4, 0.5) is 0 Å². The first-order chi connectivity index (χ1) is 17.5. The number of carbonyl (C=O) groups is 2. The molecule has 1 aromatic heterocycles. The summed E-state index contributed by atoms with van der Waals surface area (Å²) in [5.74, 6) is 0.985. The van der Waals surface area contributed by atoms with E-state index in [9.17, 15) is 9.59 Å². The molecule has 0 bridgehead atoms. The summed E-state index contributed by atoms with van der Waals surface area (Å²) in [4.78, 5) is 30.8. The van der Waals surface area contributed by atoms with Crippen molar-refractivity contribution in [1.82, 2.24) is 20.1 Å². The molecule has 1 aliphatic heterocycles. The molecular formula is C28H33N5O3. The van der Waals surface area contributed by atoms with E-state index in [2.05, 4.69) is 28.2 Å². The summed E-state index contributed by atoms with van der Waals surface area (Å²) in [6.07, 6.45) is 4.67. The first-order valence-corrected chi connectivity index (χ1v) is 12.9. The molecule has 0 atom stereocenters. The van der Waals surface area contributed by atoms with Crippen LogP contribution >= 0.6 is 0 Å². The summed E-state index contributed by atoms with van der Waals surface area (Å²) in [6.45, 7) is 5.77. The molecule has 188 valence electrons. The van der Waals surface area contributed by atoms with E-state index in [-0.39, 0.29) is 11.8 Å². The van der Waals surface area contributed by atoms with Gasteiger partial charge in [0.1, 0.15) is 0 Å². The summed E-state index contributed by atoms with van der Waals surface area (Å²) < 4.78 is 5.48. The highest BCUT2D eigenvalue weighted by molar-refractivity contribution is 5.97. The standard InChI is InChI=1S/C28H33N5O3/c1-3-17-15-22(18-9-10-18)24(26-30-28(32-31-26)36-4-2)16-23(17)27(35)33-13-11-19(12-14-33)20-7-5-6-8-21(20)25(29)34/h5-8,15-16,18-19H,3-4,9-14H2,1-2H3,(H2,29,34)(H,30,31,32). The van der Waals surface area contributed by atoms with Crippen LogP contribution in [0.15, 0.2) is 36.4 Å². The van der Waals surface area contributed by atoms with Gasteiger partial charge >= 0.3 is 6.01 Å². The van der Waals surface area contributed by atoms with Crippen molar-refractivity contribution in [3.8, 4) is 17.4 Å². The fourth-order valence-corrected chi connectivity index (χ4v) is 5.30. The Morgan fingerprint density at radius 2 is 1.72 bits per heavy atom. The molecule has 5 rings (SSSR count). The number of likely N-dealkylation sites (tertiary alicyclic amines) is 1. The highest BCUT2D eigenvalue weighted by atomic mass is 16.5.